The second-order valence-corrected chi connectivity index (χ2v) is 8.26. The normalized spacial score (nSPS) is 12.8. The number of benzene rings is 1. The summed E-state index contributed by atoms with van der Waals surface area (Å²) in [5.74, 6) is 1.40. The van der Waals surface area contributed by atoms with Gasteiger partial charge in [0.1, 0.15) is 23.8 Å². The number of fused-ring (bicyclic) bond motifs is 2. The van der Waals surface area contributed by atoms with Crippen LogP contribution in [0.3, 0.4) is 0 Å². The number of aromatic nitrogens is 4. The molecule has 0 amide bonds. The van der Waals surface area contributed by atoms with E-state index < -0.39 is 0 Å². The molecule has 0 saturated heterocycles. The number of hydrogen-bond acceptors (Lipinski definition) is 7. The minimum atomic E-state index is 0.471. The van der Waals surface area contributed by atoms with Gasteiger partial charge in [-0.2, -0.15) is 0 Å². The Hall–Kier alpha value is -4.04. The van der Waals surface area contributed by atoms with Gasteiger partial charge in [0.2, 0.25) is 0 Å². The molecule has 5 heterocycles. The Labute approximate surface area is 187 Å². The molecule has 156 valence electrons. The molecule has 2 N–H and O–H groups in total. The van der Waals surface area contributed by atoms with E-state index in [0.717, 1.165) is 44.9 Å². The van der Waals surface area contributed by atoms with Gasteiger partial charge in [-0.15, -0.1) is 11.3 Å². The number of nitrogens with one attached hydrogen (secondary N) is 2. The predicted molar refractivity (Wildman–Crippen MR) is 128 cm³/mol. The summed E-state index contributed by atoms with van der Waals surface area (Å²) in [5, 5.41) is 5.38. The number of methoxy groups -OCH3 is 1. The number of thiophene rings is 1. The van der Waals surface area contributed by atoms with E-state index in [1.165, 1.54) is 4.88 Å². The summed E-state index contributed by atoms with van der Waals surface area (Å²) < 4.78 is 5.31. The van der Waals surface area contributed by atoms with Gasteiger partial charge in [-0.1, -0.05) is 18.2 Å². The first-order valence-corrected chi connectivity index (χ1v) is 11.0. The predicted octanol–water partition coefficient (Wildman–Crippen LogP) is 4.98. The maximum absolute atomic E-state index is 5.31. The standard InChI is InChI=1S/C24H18N6OS/c1-31-15-10-14(11-25-12-15)17-7-8-18-22(28-17)23(27-13-26-18)24-29-19-5-2-4-16(21(19)30-24)20-6-3-9-32-20/h2-12,26H,13H2,1H3,(H,29,30). The second-order valence-electron chi connectivity index (χ2n) is 7.31. The number of rotatable bonds is 4. The van der Waals surface area contributed by atoms with E-state index in [9.17, 15) is 0 Å². The van der Waals surface area contributed by atoms with Crippen LogP contribution < -0.4 is 10.1 Å². The number of aromatic amines is 1. The van der Waals surface area contributed by atoms with Crippen molar-refractivity contribution in [2.45, 2.75) is 0 Å². The highest BCUT2D eigenvalue weighted by atomic mass is 32.1. The lowest BCUT2D eigenvalue weighted by atomic mass is 10.1. The van der Waals surface area contributed by atoms with Gasteiger partial charge in [-0.3, -0.25) is 9.98 Å². The number of imidazole rings is 1. The molecule has 0 spiro atoms. The molecule has 8 heteroatoms. The summed E-state index contributed by atoms with van der Waals surface area (Å²) in [6, 6.07) is 16.3. The highest BCUT2D eigenvalue weighted by Gasteiger charge is 2.22. The number of pyridine rings is 2. The summed E-state index contributed by atoms with van der Waals surface area (Å²) in [4.78, 5) is 23.5. The van der Waals surface area contributed by atoms with E-state index in [1.807, 2.05) is 30.3 Å². The van der Waals surface area contributed by atoms with Crippen LogP contribution in [0.4, 0.5) is 5.69 Å². The fourth-order valence-electron chi connectivity index (χ4n) is 3.85. The van der Waals surface area contributed by atoms with Gasteiger partial charge in [0.25, 0.3) is 0 Å². The Bertz CT molecular complexity index is 1470. The summed E-state index contributed by atoms with van der Waals surface area (Å²) in [6.07, 6.45) is 3.45. The Morgan fingerprint density at radius 2 is 2.00 bits per heavy atom. The zero-order valence-electron chi connectivity index (χ0n) is 17.2. The third-order valence-electron chi connectivity index (χ3n) is 5.39. The SMILES string of the molecule is COc1cncc(-c2ccc3c(n2)C(c2nc4c(-c5cccs5)cccc4[nH]2)=NCN3)c1. The average Bonchev–Trinajstić information content (AvgIpc) is 3.53. The average molecular weight is 439 g/mol. The van der Waals surface area contributed by atoms with E-state index in [1.54, 1.807) is 30.8 Å². The van der Waals surface area contributed by atoms with Crippen molar-refractivity contribution in [2.24, 2.45) is 4.99 Å². The van der Waals surface area contributed by atoms with Gasteiger partial charge in [0.05, 0.1) is 35.7 Å². The van der Waals surface area contributed by atoms with Gasteiger partial charge in [0.15, 0.2) is 5.82 Å². The molecule has 1 aromatic carbocycles. The Morgan fingerprint density at radius 3 is 2.88 bits per heavy atom. The number of ether oxygens (including phenoxy) is 1. The summed E-state index contributed by atoms with van der Waals surface area (Å²) >= 11 is 1.70. The molecule has 0 radical (unpaired) electrons. The van der Waals surface area contributed by atoms with Crippen LogP contribution in [0.1, 0.15) is 11.5 Å². The molecule has 7 nitrogen and oxygen atoms in total. The van der Waals surface area contributed by atoms with Crippen LogP contribution in [0.15, 0.2) is 71.3 Å². The fraction of sp³-hybridized carbons (Fsp3) is 0.0833. The third kappa shape index (κ3) is 3.12. The van der Waals surface area contributed by atoms with Crippen molar-refractivity contribution in [1.82, 2.24) is 19.9 Å². The van der Waals surface area contributed by atoms with Crippen LogP contribution in [0.25, 0.3) is 32.7 Å². The minimum Gasteiger partial charge on any atom is -0.495 e. The van der Waals surface area contributed by atoms with Gasteiger partial charge >= 0.3 is 0 Å². The minimum absolute atomic E-state index is 0.471. The summed E-state index contributed by atoms with van der Waals surface area (Å²) in [5.41, 5.74) is 7.11. The molecule has 0 aliphatic carbocycles. The number of H-pyrrole nitrogens is 1. The van der Waals surface area contributed by atoms with E-state index >= 15 is 0 Å². The van der Waals surface area contributed by atoms with Gasteiger partial charge in [-0.05, 0) is 35.7 Å². The van der Waals surface area contributed by atoms with Crippen LogP contribution in [-0.2, 0) is 0 Å². The molecular formula is C24H18N6OS. The number of para-hydroxylation sites is 1. The Kier molecular flexibility index (Phi) is 4.43. The van der Waals surface area contributed by atoms with Crippen molar-refractivity contribution in [3.63, 3.8) is 0 Å². The first kappa shape index (κ1) is 18.7. The number of nitrogens with zero attached hydrogens (tertiary/aromatic N) is 4. The molecule has 0 unspecified atom stereocenters. The van der Waals surface area contributed by atoms with Crippen LogP contribution >= 0.6 is 11.3 Å². The van der Waals surface area contributed by atoms with Crippen molar-refractivity contribution < 1.29 is 4.74 Å². The fourth-order valence-corrected chi connectivity index (χ4v) is 4.61. The Balaban J connectivity index is 1.46. The van der Waals surface area contributed by atoms with Crippen LogP contribution in [0.5, 0.6) is 5.75 Å². The van der Waals surface area contributed by atoms with Crippen molar-refractivity contribution in [3.8, 4) is 27.4 Å². The van der Waals surface area contributed by atoms with Gasteiger partial charge < -0.3 is 15.0 Å². The largest absolute Gasteiger partial charge is 0.495 e. The molecule has 1 aliphatic heterocycles. The molecule has 0 saturated carbocycles. The molecule has 6 rings (SSSR count). The molecule has 0 bridgehead atoms. The van der Waals surface area contributed by atoms with E-state index in [2.05, 4.69) is 38.9 Å². The zero-order chi connectivity index (χ0) is 21.5. The van der Waals surface area contributed by atoms with Crippen LogP contribution in [-0.4, -0.2) is 39.4 Å². The molecule has 5 aromatic rings. The zero-order valence-corrected chi connectivity index (χ0v) is 18.0. The van der Waals surface area contributed by atoms with E-state index in [-0.39, 0.29) is 0 Å². The van der Waals surface area contributed by atoms with E-state index in [4.69, 9.17) is 19.7 Å². The van der Waals surface area contributed by atoms with Crippen LogP contribution in [0.2, 0.25) is 0 Å². The lowest BCUT2D eigenvalue weighted by Gasteiger charge is -2.17. The highest BCUT2D eigenvalue weighted by Crippen LogP contribution is 2.32. The van der Waals surface area contributed by atoms with E-state index in [0.29, 0.717) is 18.2 Å². The maximum Gasteiger partial charge on any atom is 0.159 e. The quantitative estimate of drug-likeness (QED) is 0.413. The van der Waals surface area contributed by atoms with Gasteiger partial charge in [0, 0.05) is 22.2 Å². The number of hydrogen-bond donors (Lipinski definition) is 2. The van der Waals surface area contributed by atoms with Crippen LogP contribution in [0, 0.1) is 0 Å². The van der Waals surface area contributed by atoms with Crippen molar-refractivity contribution in [1.29, 1.82) is 0 Å². The van der Waals surface area contributed by atoms with Crippen molar-refractivity contribution >= 4 is 33.8 Å². The molecule has 0 fully saturated rings. The smallest absolute Gasteiger partial charge is 0.159 e. The Morgan fingerprint density at radius 1 is 1.03 bits per heavy atom. The molecule has 4 aromatic heterocycles. The summed E-state index contributed by atoms with van der Waals surface area (Å²) in [7, 11) is 1.63. The molecule has 0 atom stereocenters. The van der Waals surface area contributed by atoms with Crippen molar-refractivity contribution in [2.75, 3.05) is 19.1 Å². The summed E-state index contributed by atoms with van der Waals surface area (Å²) in [6.45, 7) is 0.471. The monoisotopic (exact) mass is 438 g/mol. The molecular weight excluding hydrogens is 420 g/mol. The molecule has 1 aliphatic rings. The first-order chi connectivity index (χ1) is 15.8. The topological polar surface area (TPSA) is 88.1 Å². The van der Waals surface area contributed by atoms with Gasteiger partial charge in [-0.25, -0.2) is 9.97 Å². The maximum atomic E-state index is 5.31. The lowest BCUT2D eigenvalue weighted by Crippen LogP contribution is -2.19. The second kappa shape index (κ2) is 7.58. The van der Waals surface area contributed by atoms with Crippen molar-refractivity contribution in [3.05, 3.63) is 77.8 Å². The number of anilines is 1. The lowest BCUT2D eigenvalue weighted by molar-refractivity contribution is 0.413. The first-order valence-electron chi connectivity index (χ1n) is 10.1. The highest BCUT2D eigenvalue weighted by molar-refractivity contribution is 7.13. The molecule has 32 heavy (non-hydrogen) atoms. The third-order valence-corrected chi connectivity index (χ3v) is 6.30. The number of aliphatic imine (C=N–C) groups is 1.